The van der Waals surface area contributed by atoms with Crippen LogP contribution in [0.1, 0.15) is 22.0 Å². The number of hydrogen-bond acceptors (Lipinski definition) is 5. The number of nitrogens with one attached hydrogen (secondary N) is 1. The Morgan fingerprint density at radius 3 is 2.77 bits per heavy atom. The molecular weight excluding hydrogens is 398 g/mol. The smallest absolute Gasteiger partial charge is 0.296 e. The minimum absolute atomic E-state index is 0.0476. The number of anilines is 1. The number of carbonyl (C=O) groups is 1. The van der Waals surface area contributed by atoms with Crippen LogP contribution in [-0.4, -0.2) is 35.3 Å². The number of halogens is 1. The van der Waals surface area contributed by atoms with Crippen molar-refractivity contribution in [3.05, 3.63) is 64.3 Å². The number of rotatable bonds is 3. The third-order valence-corrected chi connectivity index (χ3v) is 4.25. The Labute approximate surface area is 157 Å². The van der Waals surface area contributed by atoms with Crippen LogP contribution < -0.4 is 5.32 Å². The van der Waals surface area contributed by atoms with Crippen LogP contribution in [0.15, 0.2) is 47.1 Å². The van der Waals surface area contributed by atoms with Crippen molar-refractivity contribution < 1.29 is 4.79 Å². The first kappa shape index (κ1) is 16.4. The lowest BCUT2D eigenvalue weighted by molar-refractivity contribution is 0.101. The molecule has 26 heavy (non-hydrogen) atoms. The molecule has 0 aliphatic carbocycles. The van der Waals surface area contributed by atoms with Gasteiger partial charge in [0.25, 0.3) is 11.7 Å². The fourth-order valence-corrected chi connectivity index (χ4v) is 2.96. The van der Waals surface area contributed by atoms with Crippen molar-refractivity contribution in [1.29, 1.82) is 0 Å². The highest BCUT2D eigenvalue weighted by molar-refractivity contribution is 9.10. The molecule has 0 atom stereocenters. The Morgan fingerprint density at radius 1 is 1.15 bits per heavy atom. The van der Waals surface area contributed by atoms with Gasteiger partial charge in [-0.3, -0.25) is 4.79 Å². The average molecular weight is 412 g/mol. The summed E-state index contributed by atoms with van der Waals surface area (Å²) >= 11 is 3.45. The van der Waals surface area contributed by atoms with E-state index in [9.17, 15) is 4.79 Å². The number of carbonyl (C=O) groups excluding carboxylic acids is 1. The average Bonchev–Trinajstić information content (AvgIpc) is 3.19. The molecular formula is C17H14BrN7O. The van der Waals surface area contributed by atoms with Gasteiger partial charge in [-0.1, -0.05) is 22.0 Å². The van der Waals surface area contributed by atoms with E-state index in [1.807, 2.05) is 38.1 Å². The summed E-state index contributed by atoms with van der Waals surface area (Å²) in [6.45, 7) is 3.73. The first-order valence-corrected chi connectivity index (χ1v) is 8.63. The van der Waals surface area contributed by atoms with Crippen LogP contribution in [0.4, 0.5) is 5.82 Å². The molecule has 0 saturated carbocycles. The van der Waals surface area contributed by atoms with Crippen LogP contribution >= 0.6 is 15.9 Å². The fraction of sp³-hybridized carbons (Fsp3) is 0.118. The zero-order valence-corrected chi connectivity index (χ0v) is 15.6. The predicted molar refractivity (Wildman–Crippen MR) is 99.5 cm³/mol. The molecule has 3 aromatic heterocycles. The molecule has 0 saturated heterocycles. The first-order valence-electron chi connectivity index (χ1n) is 7.83. The van der Waals surface area contributed by atoms with Crippen molar-refractivity contribution in [2.45, 2.75) is 13.8 Å². The summed E-state index contributed by atoms with van der Waals surface area (Å²) in [6.07, 6.45) is 1.63. The second kappa shape index (κ2) is 6.34. The molecule has 1 amide bonds. The number of hydrogen-bond donors (Lipinski definition) is 1. The minimum Gasteiger partial charge on any atom is -0.304 e. The van der Waals surface area contributed by atoms with Gasteiger partial charge in [-0.15, -0.1) is 5.10 Å². The first-order chi connectivity index (χ1) is 12.5. The molecule has 9 heteroatoms. The van der Waals surface area contributed by atoms with E-state index in [0.717, 1.165) is 21.5 Å². The second-order valence-electron chi connectivity index (χ2n) is 5.75. The van der Waals surface area contributed by atoms with Gasteiger partial charge in [0.2, 0.25) is 5.82 Å². The summed E-state index contributed by atoms with van der Waals surface area (Å²) in [4.78, 5) is 20.9. The Kier molecular flexibility index (Phi) is 4.00. The van der Waals surface area contributed by atoms with E-state index in [-0.39, 0.29) is 5.82 Å². The number of nitrogens with zero attached hydrogens (tertiary/aromatic N) is 6. The van der Waals surface area contributed by atoms with Crippen LogP contribution in [0.5, 0.6) is 0 Å². The molecule has 1 N–H and O–H groups in total. The zero-order valence-electron chi connectivity index (χ0n) is 14.0. The maximum atomic E-state index is 12.6. The van der Waals surface area contributed by atoms with Gasteiger partial charge < -0.3 is 5.32 Å². The van der Waals surface area contributed by atoms with E-state index in [1.165, 1.54) is 4.52 Å². The Morgan fingerprint density at radius 2 is 2.00 bits per heavy atom. The van der Waals surface area contributed by atoms with Crippen molar-refractivity contribution in [3.63, 3.8) is 0 Å². The van der Waals surface area contributed by atoms with E-state index in [0.29, 0.717) is 11.6 Å². The molecule has 0 aliphatic rings. The number of fused-ring (bicyclic) bond motifs is 1. The Balaban J connectivity index is 1.68. The lowest BCUT2D eigenvalue weighted by Gasteiger charge is -2.08. The van der Waals surface area contributed by atoms with Gasteiger partial charge in [0.15, 0.2) is 0 Å². The van der Waals surface area contributed by atoms with E-state index < -0.39 is 5.91 Å². The number of aromatic nitrogens is 6. The van der Waals surface area contributed by atoms with Gasteiger partial charge >= 0.3 is 0 Å². The quantitative estimate of drug-likeness (QED) is 0.559. The van der Waals surface area contributed by atoms with E-state index in [1.54, 1.807) is 23.0 Å². The van der Waals surface area contributed by atoms with Crippen molar-refractivity contribution in [2.24, 2.45) is 0 Å². The summed E-state index contributed by atoms with van der Waals surface area (Å²) in [7, 11) is 0. The van der Waals surface area contributed by atoms with Crippen LogP contribution in [0.2, 0.25) is 0 Å². The molecule has 0 radical (unpaired) electrons. The normalized spacial score (nSPS) is 11.0. The highest BCUT2D eigenvalue weighted by Gasteiger charge is 2.17. The van der Waals surface area contributed by atoms with Gasteiger partial charge in [-0.2, -0.15) is 10.1 Å². The molecule has 0 unspecified atom stereocenters. The fourth-order valence-electron chi connectivity index (χ4n) is 2.57. The summed E-state index contributed by atoms with van der Waals surface area (Å²) in [5.74, 6) is 0.540. The van der Waals surface area contributed by atoms with Gasteiger partial charge in [-0.25, -0.2) is 14.2 Å². The third-order valence-electron chi connectivity index (χ3n) is 3.76. The Bertz CT molecular complexity index is 1130. The molecule has 4 rings (SSSR count). The number of benzene rings is 1. The lowest BCUT2D eigenvalue weighted by Crippen LogP contribution is -2.16. The van der Waals surface area contributed by atoms with Crippen molar-refractivity contribution in [2.75, 3.05) is 5.32 Å². The van der Waals surface area contributed by atoms with Gasteiger partial charge in [0.1, 0.15) is 5.82 Å². The van der Waals surface area contributed by atoms with Crippen LogP contribution in [0.25, 0.3) is 11.5 Å². The highest BCUT2D eigenvalue weighted by Crippen LogP contribution is 2.20. The summed E-state index contributed by atoms with van der Waals surface area (Å²) in [6, 6.07) is 11.2. The molecule has 8 nitrogen and oxygen atoms in total. The van der Waals surface area contributed by atoms with Crippen LogP contribution in [0.3, 0.4) is 0 Å². The number of amides is 1. The molecule has 0 aliphatic heterocycles. The topological polar surface area (TPSA) is 90.0 Å². The highest BCUT2D eigenvalue weighted by atomic mass is 79.9. The molecule has 0 bridgehead atoms. The van der Waals surface area contributed by atoms with Gasteiger partial charge in [-0.05, 0) is 38.1 Å². The SMILES string of the molecule is Cc1cc(NC(=O)c2nc3nccc(C)n3n2)n(-c2cccc(Br)c2)n1. The summed E-state index contributed by atoms with van der Waals surface area (Å²) in [5, 5.41) is 11.5. The van der Waals surface area contributed by atoms with E-state index in [2.05, 4.69) is 41.4 Å². The third kappa shape index (κ3) is 2.97. The van der Waals surface area contributed by atoms with E-state index >= 15 is 0 Å². The zero-order chi connectivity index (χ0) is 18.3. The molecule has 3 heterocycles. The molecule has 0 fully saturated rings. The maximum absolute atomic E-state index is 12.6. The molecule has 1 aromatic carbocycles. The van der Waals surface area contributed by atoms with Crippen LogP contribution in [-0.2, 0) is 0 Å². The molecule has 130 valence electrons. The number of aryl methyl sites for hydroxylation is 2. The monoisotopic (exact) mass is 411 g/mol. The van der Waals surface area contributed by atoms with Crippen LogP contribution in [0, 0.1) is 13.8 Å². The van der Waals surface area contributed by atoms with Crippen molar-refractivity contribution in [3.8, 4) is 5.69 Å². The van der Waals surface area contributed by atoms with Crippen molar-refractivity contribution >= 4 is 33.4 Å². The minimum atomic E-state index is -0.425. The summed E-state index contributed by atoms with van der Waals surface area (Å²) in [5.41, 5.74) is 2.44. The molecule has 0 spiro atoms. The van der Waals surface area contributed by atoms with Gasteiger partial charge in [0.05, 0.1) is 11.4 Å². The maximum Gasteiger partial charge on any atom is 0.296 e. The largest absolute Gasteiger partial charge is 0.304 e. The second-order valence-corrected chi connectivity index (χ2v) is 6.67. The van der Waals surface area contributed by atoms with Crippen molar-refractivity contribution in [1.82, 2.24) is 29.4 Å². The van der Waals surface area contributed by atoms with Gasteiger partial charge in [0, 0.05) is 22.4 Å². The standard InChI is InChI=1S/C17H14BrN7O/c1-10-8-14(25(22-10)13-5-3-4-12(18)9-13)20-16(26)15-21-17-19-7-6-11(2)24(17)23-15/h3-9H,1-2H3,(H,20,26). The predicted octanol–water partition coefficient (Wildman–Crippen LogP) is 2.94. The summed E-state index contributed by atoms with van der Waals surface area (Å²) < 4.78 is 4.12. The lowest BCUT2D eigenvalue weighted by atomic mass is 10.3. The van der Waals surface area contributed by atoms with E-state index in [4.69, 9.17) is 0 Å². The molecule has 4 aromatic rings. The Hall–Kier alpha value is -3.07.